The third-order valence-corrected chi connectivity index (χ3v) is 22.5. The fourth-order valence-corrected chi connectivity index (χ4v) is 9.82. The molecule has 0 fully saturated rings. The van der Waals surface area contributed by atoms with Crippen LogP contribution in [-0.4, -0.2) is 84.3 Å². The van der Waals surface area contributed by atoms with Gasteiger partial charge >= 0.3 is 29.8 Å². The monoisotopic (exact) mass is 1670 g/mol. The molecule has 0 amide bonds. The molecule has 14 heteroatoms. The second kappa shape index (κ2) is 68.3. The first-order chi connectivity index (χ1) is 55.6. The van der Waals surface area contributed by atoms with Gasteiger partial charge in [-0.05, 0) is 145 Å². The molecule has 0 radical (unpaired) electrons. The van der Waals surface area contributed by atoms with Gasteiger partial charge in [0.15, 0.2) is 0 Å². The van der Waals surface area contributed by atoms with Gasteiger partial charge in [-0.2, -0.15) is 0 Å². The minimum atomic E-state index is -1.00. The van der Waals surface area contributed by atoms with Crippen LogP contribution in [0.4, 0.5) is 0 Å². The lowest BCUT2D eigenvalue weighted by Crippen LogP contribution is -2.32. The maximum absolute atomic E-state index is 11.0. The summed E-state index contributed by atoms with van der Waals surface area (Å²) in [5, 5.41) is 0.576. The van der Waals surface area contributed by atoms with Gasteiger partial charge in [-0.1, -0.05) is 380 Å². The summed E-state index contributed by atoms with van der Waals surface area (Å²) in [7, 11) is -0.179. The minimum Gasteiger partial charge on any atom is -0.497 e. The standard InChI is InChI=1S/C20H18.C16H14O2.C9H10O2.C9H12O.C8H10.C7H16O2Si.C7H18Si.C6H12O2.C5H8O2.C5H12.C5H10.C3H6O.C3H8.C2H6/c1-20(17-11-5-2-6-12-17,18-13-7-3-8-14-18)19-15-9-4-10-16-19;1-11(17)18-10-16-14-8-4-2-6-12(14)13-7-3-5-9-15(13)16;1-8(10)11-7-9-5-3-2-4-6-9;1-3-8-4-6-9(10-2)7-5-8;1-2-8-6-4-3-5-7-8;1-7(8)9-5-6-10(2,3)4;1-7(2,3)8(4,5)6;1-5(7)8-6(2,3)4;1-3-4-7-5(2)6;1-5(2,3)4;1-3-5-4-2;1-3(2)4;1-3-2;1-2/h2-16H,1H3;2-9,16H,10H2,1H3;2-6H,7H2,1H3;4-7H,3H2,1-2H3;3-7H,2H2,1H3;5-6H2,1-4H3;1-6H3;1-4H3;3H,1,4H2,2H3;1-4H3;3H,1,4-5H2,2H3;1-2H3;3H2,1-2H3;1-2H3. The predicted octanol–water partition coefficient (Wildman–Crippen LogP) is 28.8. The van der Waals surface area contributed by atoms with Gasteiger partial charge in [0.05, 0.1) is 13.7 Å². The quantitative estimate of drug-likeness (QED) is 0.0280. The Kier molecular flexibility index (Phi) is 67.7. The van der Waals surface area contributed by atoms with Crippen LogP contribution in [-0.2, 0) is 77.3 Å². The highest BCUT2D eigenvalue weighted by Gasteiger charge is 2.32. The molecule has 660 valence electrons. The Balaban J connectivity index is -0.000000407. The molecular weight excluding hydrogens is 1510 g/mol. The second-order valence-corrected chi connectivity index (χ2v) is 45.3. The number of aryl methyl sites for hydroxylation is 2. The fourth-order valence-electron chi connectivity index (χ4n) is 9.10. The lowest BCUT2D eigenvalue weighted by atomic mass is 9.71. The molecule has 0 spiro atoms. The van der Waals surface area contributed by atoms with Gasteiger partial charge in [0.25, 0.3) is 0 Å². The first-order valence-corrected chi connectivity index (χ1v) is 49.3. The summed E-state index contributed by atoms with van der Waals surface area (Å²) in [6.07, 6.45) is 9.32. The molecule has 0 saturated heterocycles. The van der Waals surface area contributed by atoms with Gasteiger partial charge in [-0.15, -0.1) is 6.58 Å². The number of methoxy groups -OCH3 is 1. The van der Waals surface area contributed by atoms with E-state index in [1.807, 2.05) is 113 Å². The number of esters is 5. The zero-order chi connectivity index (χ0) is 92.3. The van der Waals surface area contributed by atoms with Gasteiger partial charge < -0.3 is 33.2 Å². The van der Waals surface area contributed by atoms with E-state index in [1.54, 1.807) is 7.11 Å². The van der Waals surface area contributed by atoms with Crippen molar-refractivity contribution >= 4 is 51.8 Å². The molecule has 0 aromatic heterocycles. The molecule has 9 rings (SSSR count). The summed E-state index contributed by atoms with van der Waals surface area (Å²) in [5.74, 6) is 0.139. The Morgan fingerprint density at radius 1 is 0.412 bits per heavy atom. The molecule has 0 saturated carbocycles. The number of hydrogen-bond acceptors (Lipinski definition) is 12. The molecule has 1 aliphatic rings. The molecule has 8 aromatic carbocycles. The Hall–Kier alpha value is -9.51. The number of ketones is 1. The van der Waals surface area contributed by atoms with Gasteiger partial charge in [-0.3, -0.25) is 24.0 Å². The Bertz CT molecular complexity index is 3690. The van der Waals surface area contributed by atoms with Crippen LogP contribution < -0.4 is 4.74 Å². The van der Waals surface area contributed by atoms with E-state index in [9.17, 15) is 28.8 Å². The van der Waals surface area contributed by atoms with Crippen molar-refractivity contribution in [1.29, 1.82) is 0 Å². The van der Waals surface area contributed by atoms with Gasteiger partial charge in [-0.25, -0.2) is 0 Å². The van der Waals surface area contributed by atoms with Crippen molar-refractivity contribution in [2.24, 2.45) is 5.41 Å². The van der Waals surface area contributed by atoms with Crippen LogP contribution in [0.2, 0.25) is 50.4 Å². The maximum atomic E-state index is 11.0. The van der Waals surface area contributed by atoms with Crippen LogP contribution >= 0.6 is 0 Å². The van der Waals surface area contributed by atoms with E-state index in [2.05, 4.69) is 299 Å². The summed E-state index contributed by atoms with van der Waals surface area (Å²) >= 11 is 0. The number of allylic oxidation sites excluding steroid dienone is 1. The lowest BCUT2D eigenvalue weighted by molar-refractivity contribution is -0.152. The third kappa shape index (κ3) is 67.0. The SMILES string of the molecule is C=CCCC.C=CCOC(C)=O.CC.CC(=O)OC(C)(C)C.CC(=O)OCC1c2ccccc2-c2ccccc21.CC(=O)OCC[Si](C)(C)C.CC(=O)OCc1ccccc1.CC(C)(C)C.CC(C)(C)[Si](C)(C)C.CC(C)=O.CC(c1ccccc1)(c1ccccc1)c1ccccc1.CCC.CCc1ccc(OC)cc1.CCc1ccccc1. The van der Waals surface area contributed by atoms with Gasteiger partial charge in [0, 0.05) is 62.1 Å². The number of fused-ring (bicyclic) bond motifs is 3. The van der Waals surface area contributed by atoms with Crippen LogP contribution in [0.25, 0.3) is 11.1 Å². The van der Waals surface area contributed by atoms with Crippen LogP contribution in [0.1, 0.15) is 243 Å². The van der Waals surface area contributed by atoms with Crippen molar-refractivity contribution in [3.8, 4) is 16.9 Å². The molecule has 1 aliphatic carbocycles. The van der Waals surface area contributed by atoms with Crippen LogP contribution in [0, 0.1) is 5.41 Å². The molecule has 0 bridgehead atoms. The number of carbonyl (C=O) groups excluding carboxylic acids is 6. The highest BCUT2D eigenvalue weighted by Crippen LogP contribution is 2.45. The topological polar surface area (TPSA) is 158 Å². The summed E-state index contributed by atoms with van der Waals surface area (Å²) in [6, 6.07) is 78.0. The summed E-state index contributed by atoms with van der Waals surface area (Å²) in [6.45, 7) is 71.0. The molecule has 0 N–H and O–H groups in total. The second-order valence-electron chi connectivity index (χ2n) is 33.7. The minimum absolute atomic E-state index is 0.121. The first-order valence-electron chi connectivity index (χ1n) is 42.1. The number of hydrogen-bond donors (Lipinski definition) is 0. The molecule has 119 heavy (non-hydrogen) atoms. The van der Waals surface area contributed by atoms with E-state index in [1.165, 1.54) is 117 Å². The zero-order valence-electron chi connectivity index (χ0n) is 80.0. The van der Waals surface area contributed by atoms with E-state index < -0.39 is 16.1 Å². The number of ether oxygens (including phenoxy) is 6. The number of rotatable bonds is 17. The smallest absolute Gasteiger partial charge is 0.303 e. The highest BCUT2D eigenvalue weighted by molar-refractivity contribution is 6.78. The average molecular weight is 1670 g/mol. The predicted molar refractivity (Wildman–Crippen MR) is 515 cm³/mol. The molecule has 0 aliphatic heterocycles. The van der Waals surface area contributed by atoms with Gasteiger partial charge in [0.1, 0.15) is 37.0 Å². The Morgan fingerprint density at radius 3 is 0.958 bits per heavy atom. The van der Waals surface area contributed by atoms with Gasteiger partial charge in [0.2, 0.25) is 0 Å². The number of unbranched alkanes of at least 4 members (excludes halogenated alkanes) is 1. The van der Waals surface area contributed by atoms with Crippen molar-refractivity contribution in [1.82, 2.24) is 0 Å². The van der Waals surface area contributed by atoms with Crippen LogP contribution in [0.3, 0.4) is 0 Å². The molecule has 0 unspecified atom stereocenters. The van der Waals surface area contributed by atoms with E-state index in [-0.39, 0.29) is 52.6 Å². The third-order valence-electron chi connectivity index (χ3n) is 16.3. The molecule has 0 atom stereocenters. The first kappa shape index (κ1) is 118. The molecule has 0 heterocycles. The zero-order valence-corrected chi connectivity index (χ0v) is 82.0. The largest absolute Gasteiger partial charge is 0.497 e. The maximum Gasteiger partial charge on any atom is 0.303 e. The lowest BCUT2D eigenvalue weighted by Gasteiger charge is -2.32. The summed E-state index contributed by atoms with van der Waals surface area (Å²) < 4.78 is 29.0. The van der Waals surface area contributed by atoms with E-state index in [0.717, 1.165) is 36.6 Å². The van der Waals surface area contributed by atoms with Crippen molar-refractivity contribution in [3.63, 3.8) is 0 Å². The molecular formula is C105H160O12Si2. The van der Waals surface area contributed by atoms with Crippen molar-refractivity contribution in [2.75, 3.05) is 26.9 Å². The van der Waals surface area contributed by atoms with E-state index >= 15 is 0 Å². The number of Topliss-reactive ketones (excluding diaryl/α,β-unsaturated/α-hetero) is 1. The van der Waals surface area contributed by atoms with Crippen LogP contribution in [0.15, 0.2) is 250 Å². The van der Waals surface area contributed by atoms with Crippen molar-refractivity contribution in [3.05, 3.63) is 294 Å². The van der Waals surface area contributed by atoms with Crippen LogP contribution in [0.5, 0.6) is 5.75 Å². The van der Waals surface area contributed by atoms with E-state index in [4.69, 9.17) is 23.7 Å². The highest BCUT2D eigenvalue weighted by atomic mass is 28.3. The Morgan fingerprint density at radius 2 is 0.723 bits per heavy atom. The summed E-state index contributed by atoms with van der Waals surface area (Å²) in [4.78, 5) is 61.3. The average Bonchev–Trinajstić information content (AvgIpc) is 1.74. The normalized spacial score (nSPS) is 10.4. The molecule has 8 aromatic rings. The number of benzene rings is 8. The molecule has 12 nitrogen and oxygen atoms in total. The van der Waals surface area contributed by atoms with Crippen molar-refractivity contribution in [2.45, 2.75) is 279 Å². The Labute approximate surface area is 727 Å². The van der Waals surface area contributed by atoms with Crippen molar-refractivity contribution < 1.29 is 57.2 Å². The summed E-state index contributed by atoms with van der Waals surface area (Å²) in [5.41, 5.74) is 12.8. The fraction of sp³-hybridized carbons (Fsp3) is 0.448. The number of carbonyl (C=O) groups is 6. The van der Waals surface area contributed by atoms with E-state index in [0.29, 0.717) is 36.9 Å².